The van der Waals surface area contributed by atoms with Gasteiger partial charge in [-0.2, -0.15) is 0 Å². The molecule has 0 aromatic heterocycles. The van der Waals surface area contributed by atoms with E-state index >= 15 is 0 Å². The zero-order valence-corrected chi connectivity index (χ0v) is 14.0. The van der Waals surface area contributed by atoms with Crippen LogP contribution in [0.25, 0.3) is 21.5 Å². The number of fused-ring (bicyclic) bond motifs is 2. The Morgan fingerprint density at radius 3 is 1.33 bits per heavy atom. The highest BCUT2D eigenvalue weighted by Gasteiger charge is 2.25. The van der Waals surface area contributed by atoms with E-state index in [2.05, 4.69) is 18.4 Å². The van der Waals surface area contributed by atoms with Crippen LogP contribution in [-0.4, -0.2) is 16.5 Å². The third-order valence-corrected chi connectivity index (χ3v) is 6.41. The van der Waals surface area contributed by atoms with E-state index in [4.69, 9.17) is 0 Å². The van der Waals surface area contributed by atoms with E-state index in [-0.39, 0.29) is 10.9 Å². The van der Waals surface area contributed by atoms with Gasteiger partial charge in [-0.1, -0.05) is 36.4 Å². The van der Waals surface area contributed by atoms with Gasteiger partial charge in [0.2, 0.25) is 0 Å². The van der Waals surface area contributed by atoms with Crippen LogP contribution in [0.5, 0.6) is 11.5 Å². The maximum atomic E-state index is 10.1. The second kappa shape index (κ2) is 5.77. The smallest absolute Gasteiger partial charge is 0.168 e. The first kappa shape index (κ1) is 14.9. The van der Waals surface area contributed by atoms with Crippen LogP contribution >= 0.6 is 0 Å². The van der Waals surface area contributed by atoms with E-state index in [0.29, 0.717) is 11.5 Å². The lowest BCUT2D eigenvalue weighted by Gasteiger charge is -2.10. The Bertz CT molecular complexity index is 971. The van der Waals surface area contributed by atoms with Gasteiger partial charge < -0.3 is 10.2 Å². The van der Waals surface area contributed by atoms with Crippen LogP contribution in [0.3, 0.4) is 0 Å². The number of aromatic hydroxyl groups is 2. The fourth-order valence-electron chi connectivity index (χ4n) is 3.16. The number of benzene rings is 4. The summed E-state index contributed by atoms with van der Waals surface area (Å²) in [7, 11) is -0.185. The summed E-state index contributed by atoms with van der Waals surface area (Å²) in [6.45, 7) is 0. The molecule has 0 amide bonds. The van der Waals surface area contributed by atoms with Gasteiger partial charge in [0.1, 0.15) is 17.8 Å². The summed E-state index contributed by atoms with van der Waals surface area (Å²) in [6, 6.07) is 23.4. The topological polar surface area (TPSA) is 40.5 Å². The van der Waals surface area contributed by atoms with Crippen LogP contribution in [0.1, 0.15) is 0 Å². The van der Waals surface area contributed by atoms with Crippen molar-refractivity contribution in [3.63, 3.8) is 0 Å². The average molecular weight is 333 g/mol. The van der Waals surface area contributed by atoms with Crippen molar-refractivity contribution >= 4 is 32.4 Å². The van der Waals surface area contributed by atoms with Gasteiger partial charge in [-0.3, -0.25) is 0 Å². The molecule has 0 aliphatic carbocycles. The fourth-order valence-corrected chi connectivity index (χ4v) is 4.96. The Kier molecular flexibility index (Phi) is 3.58. The molecule has 4 aromatic rings. The summed E-state index contributed by atoms with van der Waals surface area (Å²) < 4.78 is 0. The van der Waals surface area contributed by atoms with E-state index in [1.54, 1.807) is 12.1 Å². The molecule has 0 heterocycles. The molecule has 0 atom stereocenters. The first-order valence-corrected chi connectivity index (χ1v) is 9.37. The molecular formula is C21H17O2S+. The molecule has 0 fully saturated rings. The fraction of sp³-hybridized carbons (Fsp3) is 0.0476. The van der Waals surface area contributed by atoms with Crippen molar-refractivity contribution < 1.29 is 10.2 Å². The van der Waals surface area contributed by atoms with Crippen LogP contribution in [0.15, 0.2) is 82.6 Å². The van der Waals surface area contributed by atoms with Gasteiger partial charge >= 0.3 is 0 Å². The molecular weight excluding hydrogens is 316 g/mol. The predicted octanol–water partition coefficient (Wildman–Crippen LogP) is 5.07. The largest absolute Gasteiger partial charge is 0.507 e. The number of hydrogen-bond acceptors (Lipinski definition) is 2. The maximum Gasteiger partial charge on any atom is 0.168 e. The van der Waals surface area contributed by atoms with Gasteiger partial charge in [-0.15, -0.1) is 0 Å². The molecule has 0 radical (unpaired) electrons. The molecule has 2 nitrogen and oxygen atoms in total. The van der Waals surface area contributed by atoms with E-state index < -0.39 is 0 Å². The quantitative estimate of drug-likeness (QED) is 0.503. The summed E-state index contributed by atoms with van der Waals surface area (Å²) in [5.74, 6) is 0.615. The number of phenols is 2. The third kappa shape index (κ3) is 2.29. The van der Waals surface area contributed by atoms with Gasteiger partial charge in [0.15, 0.2) is 9.79 Å². The van der Waals surface area contributed by atoms with Gasteiger partial charge in [0, 0.05) is 21.5 Å². The molecule has 0 saturated heterocycles. The summed E-state index contributed by atoms with van der Waals surface area (Å²) in [5, 5.41) is 24.1. The van der Waals surface area contributed by atoms with Crippen LogP contribution in [-0.2, 0) is 10.9 Å². The van der Waals surface area contributed by atoms with Crippen LogP contribution in [0.4, 0.5) is 0 Å². The molecule has 118 valence electrons. The first-order chi connectivity index (χ1) is 11.7. The molecule has 0 bridgehead atoms. The average Bonchev–Trinajstić information content (AvgIpc) is 2.62. The van der Waals surface area contributed by atoms with Gasteiger partial charge in [0.05, 0.1) is 10.9 Å². The van der Waals surface area contributed by atoms with Crippen LogP contribution in [0, 0.1) is 0 Å². The van der Waals surface area contributed by atoms with Crippen molar-refractivity contribution in [3.05, 3.63) is 72.8 Å². The molecule has 0 saturated carbocycles. The van der Waals surface area contributed by atoms with Crippen molar-refractivity contribution in [1.29, 1.82) is 0 Å². The number of phenolic OH excluding ortho intramolecular Hbond substituents is 2. The Morgan fingerprint density at radius 2 is 0.917 bits per heavy atom. The predicted molar refractivity (Wildman–Crippen MR) is 101 cm³/mol. The summed E-state index contributed by atoms with van der Waals surface area (Å²) >= 11 is 0. The SMILES string of the molecule is C[S+](c1ccc(O)c2ccccc12)c1ccc(O)c2ccccc12. The van der Waals surface area contributed by atoms with Gasteiger partial charge in [-0.25, -0.2) is 0 Å². The molecule has 0 unspecified atom stereocenters. The van der Waals surface area contributed by atoms with Gasteiger partial charge in [-0.05, 0) is 36.4 Å². The number of hydrogen-bond donors (Lipinski definition) is 2. The number of rotatable bonds is 2. The second-order valence-electron chi connectivity index (χ2n) is 5.77. The lowest BCUT2D eigenvalue weighted by atomic mass is 10.1. The molecule has 0 spiro atoms. The standard InChI is InChI=1S/C21H16O2S/c1-24(20-12-10-18(22)14-6-2-4-8-16(14)20)21-13-11-19(23)15-7-3-5-9-17(15)21/h2-13H,1H3,(H-,22,23)/p+1. The molecule has 4 rings (SSSR count). The van der Waals surface area contributed by atoms with E-state index in [1.807, 2.05) is 48.5 Å². The Balaban J connectivity index is 1.97. The molecule has 0 aliphatic heterocycles. The monoisotopic (exact) mass is 333 g/mol. The molecule has 4 aromatic carbocycles. The first-order valence-electron chi connectivity index (χ1n) is 7.74. The van der Waals surface area contributed by atoms with Crippen LogP contribution < -0.4 is 0 Å². The minimum atomic E-state index is -0.185. The summed E-state index contributed by atoms with van der Waals surface area (Å²) in [5.41, 5.74) is 0. The Hall–Kier alpha value is -2.65. The highest BCUT2D eigenvalue weighted by atomic mass is 32.2. The Morgan fingerprint density at radius 1 is 0.542 bits per heavy atom. The molecule has 3 heteroatoms. The maximum absolute atomic E-state index is 10.1. The van der Waals surface area contributed by atoms with E-state index in [9.17, 15) is 10.2 Å². The van der Waals surface area contributed by atoms with E-state index in [0.717, 1.165) is 21.5 Å². The minimum absolute atomic E-state index is 0.185. The van der Waals surface area contributed by atoms with Crippen molar-refractivity contribution in [1.82, 2.24) is 0 Å². The van der Waals surface area contributed by atoms with Crippen molar-refractivity contribution in [3.8, 4) is 11.5 Å². The second-order valence-corrected chi connectivity index (χ2v) is 7.67. The Labute approximate surface area is 143 Å². The van der Waals surface area contributed by atoms with Gasteiger partial charge in [0.25, 0.3) is 0 Å². The highest BCUT2D eigenvalue weighted by molar-refractivity contribution is 7.96. The van der Waals surface area contributed by atoms with E-state index in [1.165, 1.54) is 9.79 Å². The van der Waals surface area contributed by atoms with Crippen molar-refractivity contribution in [2.45, 2.75) is 9.79 Å². The summed E-state index contributed by atoms with van der Waals surface area (Å²) in [4.78, 5) is 2.39. The zero-order valence-electron chi connectivity index (χ0n) is 13.2. The highest BCUT2D eigenvalue weighted by Crippen LogP contribution is 2.37. The molecule has 24 heavy (non-hydrogen) atoms. The van der Waals surface area contributed by atoms with Crippen molar-refractivity contribution in [2.75, 3.05) is 6.26 Å². The van der Waals surface area contributed by atoms with Crippen molar-refractivity contribution in [2.24, 2.45) is 0 Å². The molecule has 0 aliphatic rings. The zero-order chi connectivity index (χ0) is 16.7. The van der Waals surface area contributed by atoms with Crippen LogP contribution in [0.2, 0.25) is 0 Å². The normalized spacial score (nSPS) is 11.4. The summed E-state index contributed by atoms with van der Waals surface area (Å²) in [6.07, 6.45) is 2.19. The third-order valence-electron chi connectivity index (χ3n) is 4.38. The minimum Gasteiger partial charge on any atom is -0.507 e. The lowest BCUT2D eigenvalue weighted by molar-refractivity contribution is 0.481. The lowest BCUT2D eigenvalue weighted by Crippen LogP contribution is -2.02. The molecule has 2 N–H and O–H groups in total.